The van der Waals surface area contributed by atoms with Gasteiger partial charge in [-0.2, -0.15) is 0 Å². The molecule has 0 bridgehead atoms. The predicted molar refractivity (Wildman–Crippen MR) is 107 cm³/mol. The van der Waals surface area contributed by atoms with Gasteiger partial charge in [-0.1, -0.05) is 18.2 Å². The number of benzene rings is 1. The standard InChI is InChI=1S/C19H18N2O4S2/c1-26-16-6-3-2-5-12(16)21-19(24)18(23)20-11-13(22)14-8-9-15(25-14)17-7-4-10-27-17/h2-10,13,22H,11H2,1H3,(H,20,23)(H,21,24). The first kappa shape index (κ1) is 19.2. The summed E-state index contributed by atoms with van der Waals surface area (Å²) in [7, 11) is 0. The fraction of sp³-hybridized carbons (Fsp3) is 0.158. The summed E-state index contributed by atoms with van der Waals surface area (Å²) in [5, 5.41) is 17.1. The van der Waals surface area contributed by atoms with E-state index in [9.17, 15) is 14.7 Å². The second kappa shape index (κ2) is 8.90. The highest BCUT2D eigenvalue weighted by atomic mass is 32.2. The first-order valence-electron chi connectivity index (χ1n) is 8.12. The normalized spacial score (nSPS) is 11.8. The van der Waals surface area contributed by atoms with Crippen LogP contribution in [-0.2, 0) is 9.59 Å². The number of thioether (sulfide) groups is 1. The summed E-state index contributed by atoms with van der Waals surface area (Å²) >= 11 is 3.00. The van der Waals surface area contributed by atoms with E-state index in [2.05, 4.69) is 10.6 Å². The molecule has 0 saturated heterocycles. The van der Waals surface area contributed by atoms with Gasteiger partial charge in [0.15, 0.2) is 0 Å². The third kappa shape index (κ3) is 4.79. The molecule has 2 amide bonds. The van der Waals surface area contributed by atoms with Gasteiger partial charge in [0.25, 0.3) is 0 Å². The molecule has 0 saturated carbocycles. The Hall–Kier alpha value is -2.55. The summed E-state index contributed by atoms with van der Waals surface area (Å²) in [5.74, 6) is -0.638. The molecule has 0 aliphatic carbocycles. The van der Waals surface area contributed by atoms with Crippen LogP contribution in [0.4, 0.5) is 5.69 Å². The number of nitrogens with one attached hydrogen (secondary N) is 2. The van der Waals surface area contributed by atoms with Gasteiger partial charge >= 0.3 is 11.8 Å². The Morgan fingerprint density at radius 3 is 2.70 bits per heavy atom. The van der Waals surface area contributed by atoms with Crippen molar-refractivity contribution in [2.24, 2.45) is 0 Å². The fourth-order valence-corrected chi connectivity index (χ4v) is 3.62. The van der Waals surface area contributed by atoms with Gasteiger partial charge in [-0.05, 0) is 42.0 Å². The second-order valence-corrected chi connectivity index (χ2v) is 7.36. The molecule has 0 fully saturated rings. The molecule has 2 aromatic heterocycles. The van der Waals surface area contributed by atoms with Crippen LogP contribution in [0.15, 0.2) is 63.2 Å². The minimum atomic E-state index is -1.05. The third-order valence-electron chi connectivity index (χ3n) is 3.74. The van der Waals surface area contributed by atoms with Crippen molar-refractivity contribution in [3.05, 3.63) is 59.7 Å². The Morgan fingerprint density at radius 2 is 1.96 bits per heavy atom. The van der Waals surface area contributed by atoms with Crippen molar-refractivity contribution < 1.29 is 19.1 Å². The van der Waals surface area contributed by atoms with E-state index in [1.807, 2.05) is 35.9 Å². The molecule has 3 N–H and O–H groups in total. The summed E-state index contributed by atoms with van der Waals surface area (Å²) in [6.07, 6.45) is 0.837. The van der Waals surface area contributed by atoms with Crippen LogP contribution in [0.3, 0.4) is 0 Å². The molecule has 27 heavy (non-hydrogen) atoms. The van der Waals surface area contributed by atoms with E-state index < -0.39 is 17.9 Å². The van der Waals surface area contributed by atoms with Gasteiger partial charge in [-0.3, -0.25) is 9.59 Å². The lowest BCUT2D eigenvalue weighted by atomic mass is 10.2. The van der Waals surface area contributed by atoms with Crippen LogP contribution < -0.4 is 10.6 Å². The van der Waals surface area contributed by atoms with Crippen LogP contribution in [0.5, 0.6) is 0 Å². The van der Waals surface area contributed by atoms with Crippen LogP contribution in [-0.4, -0.2) is 29.7 Å². The maximum atomic E-state index is 12.1. The molecule has 3 aromatic rings. The van der Waals surface area contributed by atoms with E-state index in [0.717, 1.165) is 9.77 Å². The SMILES string of the molecule is CSc1ccccc1NC(=O)C(=O)NCC(O)c1ccc(-c2cccs2)o1. The minimum absolute atomic E-state index is 0.131. The molecule has 6 nitrogen and oxygen atoms in total. The number of aliphatic hydroxyl groups excluding tert-OH is 1. The van der Waals surface area contributed by atoms with Crippen LogP contribution >= 0.6 is 23.1 Å². The zero-order chi connectivity index (χ0) is 19.2. The van der Waals surface area contributed by atoms with Gasteiger partial charge in [-0.15, -0.1) is 23.1 Å². The molecule has 0 aliphatic heterocycles. The van der Waals surface area contributed by atoms with Crippen LogP contribution in [0.25, 0.3) is 10.6 Å². The Balaban J connectivity index is 1.54. The van der Waals surface area contributed by atoms with Crippen molar-refractivity contribution >= 4 is 40.6 Å². The molecule has 3 rings (SSSR count). The van der Waals surface area contributed by atoms with Crippen molar-refractivity contribution in [1.82, 2.24) is 5.32 Å². The summed E-state index contributed by atoms with van der Waals surface area (Å²) in [6, 6.07) is 14.4. The lowest BCUT2D eigenvalue weighted by molar-refractivity contribution is -0.136. The molecular formula is C19H18N2O4S2. The van der Waals surface area contributed by atoms with Crippen LogP contribution in [0.1, 0.15) is 11.9 Å². The molecule has 1 atom stereocenters. The number of carbonyl (C=O) groups excluding carboxylic acids is 2. The van der Waals surface area contributed by atoms with Crippen molar-refractivity contribution in [1.29, 1.82) is 0 Å². The van der Waals surface area contributed by atoms with Gasteiger partial charge in [0.2, 0.25) is 0 Å². The number of carbonyl (C=O) groups is 2. The quantitative estimate of drug-likeness (QED) is 0.433. The number of anilines is 1. The highest BCUT2D eigenvalue weighted by molar-refractivity contribution is 7.98. The Morgan fingerprint density at radius 1 is 1.15 bits per heavy atom. The predicted octanol–water partition coefficient (Wildman–Crippen LogP) is 3.52. The maximum absolute atomic E-state index is 12.1. The average molecular weight is 402 g/mol. The average Bonchev–Trinajstić information content (AvgIpc) is 3.37. The summed E-state index contributed by atoms with van der Waals surface area (Å²) in [6.45, 7) is -0.131. The third-order valence-corrected chi connectivity index (χ3v) is 5.42. The van der Waals surface area contributed by atoms with Gasteiger partial charge in [-0.25, -0.2) is 0 Å². The van der Waals surface area contributed by atoms with E-state index in [1.165, 1.54) is 23.1 Å². The molecule has 1 aromatic carbocycles. The molecular weight excluding hydrogens is 384 g/mol. The van der Waals surface area contributed by atoms with Crippen LogP contribution in [0, 0.1) is 0 Å². The molecule has 8 heteroatoms. The van der Waals surface area contributed by atoms with Gasteiger partial charge in [0.1, 0.15) is 17.6 Å². The van der Waals surface area contributed by atoms with Crippen molar-refractivity contribution in [3.63, 3.8) is 0 Å². The van der Waals surface area contributed by atoms with E-state index in [0.29, 0.717) is 17.2 Å². The number of thiophene rings is 1. The van der Waals surface area contributed by atoms with Crippen molar-refractivity contribution in [2.75, 3.05) is 18.1 Å². The number of furan rings is 1. The first-order chi connectivity index (χ1) is 13.1. The molecule has 0 radical (unpaired) electrons. The number of hydrogen-bond acceptors (Lipinski definition) is 6. The number of amides is 2. The largest absolute Gasteiger partial charge is 0.457 e. The smallest absolute Gasteiger partial charge is 0.313 e. The van der Waals surface area contributed by atoms with Crippen molar-refractivity contribution in [3.8, 4) is 10.6 Å². The monoisotopic (exact) mass is 402 g/mol. The molecule has 2 heterocycles. The Bertz CT molecular complexity index is 921. The van der Waals surface area contributed by atoms with E-state index in [-0.39, 0.29) is 6.54 Å². The van der Waals surface area contributed by atoms with E-state index in [4.69, 9.17) is 4.42 Å². The number of para-hydroxylation sites is 1. The highest BCUT2D eigenvalue weighted by Crippen LogP contribution is 2.28. The zero-order valence-electron chi connectivity index (χ0n) is 14.5. The number of rotatable bonds is 6. The molecule has 1 unspecified atom stereocenters. The van der Waals surface area contributed by atoms with Crippen molar-refractivity contribution in [2.45, 2.75) is 11.0 Å². The fourth-order valence-electron chi connectivity index (χ4n) is 2.38. The Kier molecular flexibility index (Phi) is 6.33. The van der Waals surface area contributed by atoms with Gasteiger partial charge in [0, 0.05) is 4.90 Å². The van der Waals surface area contributed by atoms with Gasteiger partial charge in [0.05, 0.1) is 17.1 Å². The van der Waals surface area contributed by atoms with Gasteiger partial charge < -0.3 is 20.2 Å². The van der Waals surface area contributed by atoms with E-state index >= 15 is 0 Å². The minimum Gasteiger partial charge on any atom is -0.457 e. The molecule has 0 aliphatic rings. The zero-order valence-corrected chi connectivity index (χ0v) is 16.1. The lowest BCUT2D eigenvalue weighted by Crippen LogP contribution is -2.37. The number of hydrogen-bond donors (Lipinski definition) is 3. The number of aliphatic hydroxyl groups is 1. The van der Waals surface area contributed by atoms with E-state index in [1.54, 1.807) is 24.3 Å². The Labute approximate surface area is 164 Å². The lowest BCUT2D eigenvalue weighted by Gasteiger charge is -2.11. The van der Waals surface area contributed by atoms with Crippen LogP contribution in [0.2, 0.25) is 0 Å². The highest BCUT2D eigenvalue weighted by Gasteiger charge is 2.19. The summed E-state index contributed by atoms with van der Waals surface area (Å²) in [5.41, 5.74) is 0.567. The first-order valence-corrected chi connectivity index (χ1v) is 10.2. The summed E-state index contributed by atoms with van der Waals surface area (Å²) in [4.78, 5) is 25.9. The molecule has 0 spiro atoms. The second-order valence-electron chi connectivity index (χ2n) is 5.56. The summed E-state index contributed by atoms with van der Waals surface area (Å²) < 4.78 is 5.61. The maximum Gasteiger partial charge on any atom is 0.313 e. The topological polar surface area (TPSA) is 91.6 Å². The molecule has 140 valence electrons.